The Morgan fingerprint density at radius 1 is 1.60 bits per heavy atom. The zero-order chi connectivity index (χ0) is 10.5. The first-order valence-electron chi connectivity index (χ1n) is 4.73. The molecule has 0 aliphatic carbocycles. The molecule has 0 atom stereocenters. The molecule has 2 heterocycles. The van der Waals surface area contributed by atoms with Crippen LogP contribution in [0.25, 0.3) is 0 Å². The molecule has 0 amide bonds. The highest BCUT2D eigenvalue weighted by molar-refractivity contribution is 5.82. The van der Waals surface area contributed by atoms with Gasteiger partial charge in [-0.3, -0.25) is 15.3 Å². The van der Waals surface area contributed by atoms with E-state index in [1.807, 2.05) is 29.4 Å². The number of aliphatic imine (C=N–C) groups is 1. The Morgan fingerprint density at radius 2 is 2.53 bits per heavy atom. The summed E-state index contributed by atoms with van der Waals surface area (Å²) in [6, 6.07) is 3.91. The van der Waals surface area contributed by atoms with Gasteiger partial charge in [0, 0.05) is 25.5 Å². The van der Waals surface area contributed by atoms with Crippen molar-refractivity contribution >= 4 is 5.96 Å². The van der Waals surface area contributed by atoms with Gasteiger partial charge in [0.1, 0.15) is 0 Å². The van der Waals surface area contributed by atoms with Gasteiger partial charge in [0.05, 0.1) is 6.54 Å². The van der Waals surface area contributed by atoms with Crippen molar-refractivity contribution < 1.29 is 0 Å². The Hall–Kier alpha value is -2.09. The Kier molecular flexibility index (Phi) is 2.79. The van der Waals surface area contributed by atoms with Crippen LogP contribution in [0, 0.1) is 11.5 Å². The molecule has 2 rings (SSSR count). The molecule has 1 aromatic heterocycles. The van der Waals surface area contributed by atoms with E-state index in [4.69, 9.17) is 5.26 Å². The third kappa shape index (κ3) is 2.23. The number of pyridine rings is 1. The van der Waals surface area contributed by atoms with Crippen molar-refractivity contribution in [3.63, 3.8) is 0 Å². The predicted octanol–water partition coefficient (Wildman–Crippen LogP) is 0.324. The molecule has 5 heteroatoms. The lowest BCUT2D eigenvalue weighted by molar-refractivity contribution is 0.442. The maximum atomic E-state index is 8.53. The second-order valence-electron chi connectivity index (χ2n) is 3.22. The molecular formula is C10H11N5. The van der Waals surface area contributed by atoms with Crippen LogP contribution in [0.15, 0.2) is 29.5 Å². The number of nitrogens with one attached hydrogen (secondary N) is 1. The number of guanidine groups is 1. The minimum absolute atomic E-state index is 0.654. The smallest absolute Gasteiger partial charge is 0.207 e. The van der Waals surface area contributed by atoms with Crippen LogP contribution < -0.4 is 5.32 Å². The summed E-state index contributed by atoms with van der Waals surface area (Å²) >= 11 is 0. The first-order valence-corrected chi connectivity index (χ1v) is 4.73. The average molecular weight is 201 g/mol. The van der Waals surface area contributed by atoms with Gasteiger partial charge < -0.3 is 4.90 Å². The van der Waals surface area contributed by atoms with Crippen LogP contribution in [-0.2, 0) is 6.54 Å². The molecule has 1 N–H and O–H groups in total. The first-order chi connectivity index (χ1) is 7.40. The fourth-order valence-corrected chi connectivity index (χ4v) is 1.52. The molecule has 1 aromatic rings. The maximum Gasteiger partial charge on any atom is 0.207 e. The van der Waals surface area contributed by atoms with Crippen LogP contribution in [0.5, 0.6) is 0 Å². The molecule has 0 unspecified atom stereocenters. The maximum absolute atomic E-state index is 8.53. The molecular weight excluding hydrogens is 190 g/mol. The van der Waals surface area contributed by atoms with Crippen molar-refractivity contribution in [2.45, 2.75) is 6.54 Å². The number of hydrogen-bond acceptors (Lipinski definition) is 5. The summed E-state index contributed by atoms with van der Waals surface area (Å²) in [5, 5.41) is 11.1. The minimum atomic E-state index is 0.654. The fourth-order valence-electron chi connectivity index (χ4n) is 1.52. The molecule has 5 nitrogen and oxygen atoms in total. The van der Waals surface area contributed by atoms with Gasteiger partial charge in [0.2, 0.25) is 5.96 Å². The van der Waals surface area contributed by atoms with Gasteiger partial charge in [0.25, 0.3) is 0 Å². The molecule has 0 saturated heterocycles. The standard InChI is InChI=1S/C10H11N5/c11-8-14-10-13-4-5-15(10)7-9-2-1-3-12-6-9/h1-3,6H,4-5,7H2,(H,13,14). The number of nitrogens with zero attached hydrogens (tertiary/aromatic N) is 4. The van der Waals surface area contributed by atoms with Crippen LogP contribution in [-0.4, -0.2) is 28.9 Å². The lowest BCUT2D eigenvalue weighted by Gasteiger charge is -2.18. The van der Waals surface area contributed by atoms with Crippen molar-refractivity contribution in [1.29, 1.82) is 5.26 Å². The van der Waals surface area contributed by atoms with E-state index in [1.165, 1.54) is 0 Å². The van der Waals surface area contributed by atoms with E-state index in [-0.39, 0.29) is 0 Å². The van der Waals surface area contributed by atoms with Crippen LogP contribution in [0.3, 0.4) is 0 Å². The van der Waals surface area contributed by atoms with E-state index >= 15 is 0 Å². The van der Waals surface area contributed by atoms with Gasteiger partial charge in [-0.1, -0.05) is 6.07 Å². The Labute approximate surface area is 88.1 Å². The quantitative estimate of drug-likeness (QED) is 0.553. The van der Waals surface area contributed by atoms with E-state index in [9.17, 15) is 0 Å². The lowest BCUT2D eigenvalue weighted by atomic mass is 10.3. The zero-order valence-corrected chi connectivity index (χ0v) is 8.22. The lowest BCUT2D eigenvalue weighted by Crippen LogP contribution is -2.35. The van der Waals surface area contributed by atoms with Crippen molar-refractivity contribution in [1.82, 2.24) is 15.2 Å². The first kappa shape index (κ1) is 9.46. The van der Waals surface area contributed by atoms with E-state index in [2.05, 4.69) is 15.3 Å². The summed E-state index contributed by atoms with van der Waals surface area (Å²) in [4.78, 5) is 10.3. The van der Waals surface area contributed by atoms with E-state index in [0.29, 0.717) is 5.96 Å². The summed E-state index contributed by atoms with van der Waals surface area (Å²) in [5.41, 5.74) is 1.12. The molecule has 15 heavy (non-hydrogen) atoms. The summed E-state index contributed by atoms with van der Waals surface area (Å²) in [6.07, 6.45) is 5.46. The van der Waals surface area contributed by atoms with Gasteiger partial charge >= 0.3 is 0 Å². The second-order valence-corrected chi connectivity index (χ2v) is 3.22. The highest BCUT2D eigenvalue weighted by atomic mass is 15.3. The molecule has 76 valence electrons. The summed E-state index contributed by atoms with van der Waals surface area (Å²) < 4.78 is 0. The highest BCUT2D eigenvalue weighted by Gasteiger charge is 2.16. The monoisotopic (exact) mass is 201 g/mol. The topological polar surface area (TPSA) is 64.3 Å². The number of nitriles is 1. The van der Waals surface area contributed by atoms with Crippen LogP contribution in [0.1, 0.15) is 5.56 Å². The normalized spacial score (nSPS) is 14.6. The molecule has 1 aliphatic heterocycles. The van der Waals surface area contributed by atoms with Gasteiger partial charge in [-0.25, -0.2) is 0 Å². The summed E-state index contributed by atoms with van der Waals surface area (Å²) in [6.45, 7) is 2.32. The van der Waals surface area contributed by atoms with Crippen LogP contribution >= 0.6 is 0 Å². The van der Waals surface area contributed by atoms with Crippen LogP contribution in [0.4, 0.5) is 0 Å². The third-order valence-electron chi connectivity index (χ3n) is 2.19. The second kappa shape index (κ2) is 4.42. The van der Waals surface area contributed by atoms with Gasteiger partial charge in [-0.05, 0) is 11.6 Å². The zero-order valence-electron chi connectivity index (χ0n) is 8.22. The van der Waals surface area contributed by atoms with Gasteiger partial charge in [-0.15, -0.1) is 0 Å². The van der Waals surface area contributed by atoms with Crippen molar-refractivity contribution in [2.24, 2.45) is 4.99 Å². The highest BCUT2D eigenvalue weighted by Crippen LogP contribution is 2.06. The number of hydrogen-bond donors (Lipinski definition) is 1. The van der Waals surface area contributed by atoms with Crippen LogP contribution in [0.2, 0.25) is 0 Å². The van der Waals surface area contributed by atoms with Crippen molar-refractivity contribution in [2.75, 3.05) is 13.1 Å². The average Bonchev–Trinajstić information content (AvgIpc) is 2.68. The molecule has 0 fully saturated rings. The molecule has 0 spiro atoms. The number of aromatic nitrogens is 1. The van der Waals surface area contributed by atoms with E-state index < -0.39 is 0 Å². The number of rotatable bonds is 2. The van der Waals surface area contributed by atoms with Gasteiger partial charge in [-0.2, -0.15) is 5.26 Å². The molecule has 0 aromatic carbocycles. The summed E-state index contributed by atoms with van der Waals surface area (Å²) in [7, 11) is 0. The minimum Gasteiger partial charge on any atom is -0.336 e. The summed E-state index contributed by atoms with van der Waals surface area (Å²) in [5.74, 6) is 0.654. The Morgan fingerprint density at radius 3 is 3.27 bits per heavy atom. The fraction of sp³-hybridized carbons (Fsp3) is 0.300. The van der Waals surface area contributed by atoms with E-state index in [1.54, 1.807) is 6.20 Å². The van der Waals surface area contributed by atoms with E-state index in [0.717, 1.165) is 25.2 Å². The Balaban J connectivity index is 2.02. The van der Waals surface area contributed by atoms with Gasteiger partial charge in [0.15, 0.2) is 6.19 Å². The predicted molar refractivity (Wildman–Crippen MR) is 55.7 cm³/mol. The van der Waals surface area contributed by atoms with Crippen molar-refractivity contribution in [3.8, 4) is 6.19 Å². The molecule has 0 saturated carbocycles. The van der Waals surface area contributed by atoms with Crippen molar-refractivity contribution in [3.05, 3.63) is 30.1 Å². The largest absolute Gasteiger partial charge is 0.336 e. The SMILES string of the molecule is N#CNC1=NCCN1Cc1cccnc1. The Bertz CT molecular complexity index is 392. The molecule has 1 aliphatic rings. The third-order valence-corrected chi connectivity index (χ3v) is 2.19. The molecule has 0 bridgehead atoms. The molecule has 0 radical (unpaired) electrons.